The van der Waals surface area contributed by atoms with Crippen LogP contribution in [-0.2, 0) is 4.79 Å². The summed E-state index contributed by atoms with van der Waals surface area (Å²) in [6.07, 6.45) is 6.50. The van der Waals surface area contributed by atoms with Gasteiger partial charge in [0.25, 0.3) is 0 Å². The molecule has 0 bridgehead atoms. The zero-order chi connectivity index (χ0) is 4.41. The van der Waals surface area contributed by atoms with E-state index in [-0.39, 0.29) is 16.7 Å². The highest BCUT2D eigenvalue weighted by molar-refractivity contribution is 6.01. The van der Waals surface area contributed by atoms with E-state index in [0.29, 0.717) is 0 Å². The van der Waals surface area contributed by atoms with Gasteiger partial charge in [0.05, 0.1) is 0 Å². The van der Waals surface area contributed by atoms with E-state index < -0.39 is 0 Å². The third-order valence-corrected chi connectivity index (χ3v) is 0.632. The Morgan fingerprint density at radius 2 is 1.57 bits per heavy atom. The summed E-state index contributed by atoms with van der Waals surface area (Å²) in [6.45, 7) is 0. The van der Waals surface area contributed by atoms with Crippen molar-refractivity contribution in [3.05, 3.63) is 24.3 Å². The van der Waals surface area contributed by atoms with Crippen LogP contribution < -0.4 is 0 Å². The molecule has 2 heteroatoms. The minimum Gasteiger partial charge on any atom is -0.290 e. The van der Waals surface area contributed by atoms with Crippen LogP contribution in [0.2, 0.25) is 0 Å². The number of carbonyl (C=O) groups is 1. The Morgan fingerprint density at radius 1 is 1.14 bits per heavy atom. The maximum absolute atomic E-state index is 10.1. The Kier molecular flexibility index (Phi) is 2.30. The molecule has 0 amide bonds. The van der Waals surface area contributed by atoms with E-state index in [9.17, 15) is 4.79 Å². The normalized spacial score (nSPS) is 14.6. The first kappa shape index (κ1) is 6.37. The van der Waals surface area contributed by atoms with Crippen LogP contribution in [0, 0.1) is 0 Å². The maximum atomic E-state index is 10.1. The quantitative estimate of drug-likeness (QED) is 0.376. The molecule has 0 aromatic heterocycles. The highest BCUT2D eigenvalue weighted by Gasteiger charge is 1.88. The first-order chi connectivity index (χ1) is 2.89. The number of carbonyl (C=O) groups excluding carboxylic acids is 1. The van der Waals surface area contributed by atoms with E-state index >= 15 is 0 Å². The van der Waals surface area contributed by atoms with Crippen molar-refractivity contribution in [3.8, 4) is 0 Å². The molecule has 0 aromatic carbocycles. The largest absolute Gasteiger partial charge is 0.290 e. The van der Waals surface area contributed by atoms with E-state index in [1.165, 1.54) is 12.2 Å². The molecule has 0 fully saturated rings. The number of rotatable bonds is 0. The van der Waals surface area contributed by atoms with Gasteiger partial charge in [-0.1, -0.05) is 12.2 Å². The van der Waals surface area contributed by atoms with Gasteiger partial charge in [0.2, 0.25) is 0 Å². The van der Waals surface area contributed by atoms with Crippen LogP contribution in [-0.4, -0.2) is 16.7 Å². The van der Waals surface area contributed by atoms with Crippen LogP contribution in [0.1, 0.15) is 0 Å². The molecular formula is C5H8OSi. The summed E-state index contributed by atoms with van der Waals surface area (Å²) in [7, 11) is 0. The predicted molar refractivity (Wildman–Crippen MR) is 34.6 cm³/mol. The lowest BCUT2D eigenvalue weighted by Gasteiger charge is -1.62. The molecule has 0 spiro atoms. The van der Waals surface area contributed by atoms with Crippen molar-refractivity contribution in [1.29, 1.82) is 0 Å². The van der Waals surface area contributed by atoms with Gasteiger partial charge < -0.3 is 0 Å². The fraction of sp³-hybridized carbons (Fsp3) is 0. The molecule has 1 rings (SSSR count). The molecule has 0 atom stereocenters. The van der Waals surface area contributed by atoms with Gasteiger partial charge in [-0.05, 0) is 23.1 Å². The van der Waals surface area contributed by atoms with Gasteiger partial charge in [0.15, 0.2) is 5.78 Å². The topological polar surface area (TPSA) is 17.1 Å². The van der Waals surface area contributed by atoms with Crippen LogP contribution in [0.4, 0.5) is 0 Å². The summed E-state index contributed by atoms with van der Waals surface area (Å²) in [5.41, 5.74) is 0. The molecule has 0 radical (unpaired) electrons. The van der Waals surface area contributed by atoms with Crippen molar-refractivity contribution in [3.63, 3.8) is 0 Å². The summed E-state index contributed by atoms with van der Waals surface area (Å²) < 4.78 is 0. The molecular weight excluding hydrogens is 104 g/mol. The maximum Gasteiger partial charge on any atom is 0.178 e. The van der Waals surface area contributed by atoms with E-state index in [0.717, 1.165) is 0 Å². The highest BCUT2D eigenvalue weighted by atomic mass is 28.1. The fourth-order valence-corrected chi connectivity index (χ4v) is 0.356. The summed E-state index contributed by atoms with van der Waals surface area (Å²) in [5, 5.41) is 0. The van der Waals surface area contributed by atoms with Crippen LogP contribution in [0.15, 0.2) is 24.3 Å². The molecule has 0 saturated heterocycles. The number of hydrogen-bond acceptors (Lipinski definition) is 1. The molecule has 1 aliphatic rings. The lowest BCUT2D eigenvalue weighted by Crippen LogP contribution is -1.75. The van der Waals surface area contributed by atoms with Crippen molar-refractivity contribution in [2.24, 2.45) is 0 Å². The zero-order valence-corrected chi connectivity index (χ0v) is 3.22. The molecule has 7 heavy (non-hydrogen) atoms. The van der Waals surface area contributed by atoms with Crippen LogP contribution in [0.3, 0.4) is 0 Å². The highest BCUT2D eigenvalue weighted by Crippen LogP contribution is 1.89. The van der Waals surface area contributed by atoms with Crippen LogP contribution >= 0.6 is 0 Å². The Labute approximate surface area is 46.7 Å². The van der Waals surface area contributed by atoms with E-state index in [2.05, 4.69) is 0 Å². The summed E-state index contributed by atoms with van der Waals surface area (Å²) in [5.74, 6) is 0.0926. The molecule has 1 aliphatic carbocycles. The second kappa shape index (κ2) is 2.52. The van der Waals surface area contributed by atoms with Crippen molar-refractivity contribution in [1.82, 2.24) is 0 Å². The predicted octanol–water partition coefficient (Wildman–Crippen LogP) is -0.770. The Hall–Kier alpha value is -0.633. The summed E-state index contributed by atoms with van der Waals surface area (Å²) in [4.78, 5) is 10.1. The van der Waals surface area contributed by atoms with Crippen molar-refractivity contribution < 1.29 is 4.79 Å². The van der Waals surface area contributed by atoms with Crippen molar-refractivity contribution >= 4 is 16.7 Å². The monoisotopic (exact) mass is 112 g/mol. The third kappa shape index (κ3) is 1.50. The Morgan fingerprint density at radius 3 is 1.71 bits per heavy atom. The van der Waals surface area contributed by atoms with Gasteiger partial charge in [-0.3, -0.25) is 4.79 Å². The van der Waals surface area contributed by atoms with Gasteiger partial charge in [-0.15, -0.1) is 0 Å². The number of allylic oxidation sites excluding steroid dienone is 4. The van der Waals surface area contributed by atoms with Crippen molar-refractivity contribution in [2.45, 2.75) is 0 Å². The van der Waals surface area contributed by atoms with Gasteiger partial charge in [-0.2, -0.15) is 0 Å². The zero-order valence-electron chi connectivity index (χ0n) is 3.22. The molecule has 0 aliphatic heterocycles. The fourth-order valence-electron chi connectivity index (χ4n) is 0.356. The second-order valence-electron chi connectivity index (χ2n) is 1.12. The third-order valence-electron chi connectivity index (χ3n) is 0.632. The molecule has 38 valence electrons. The molecule has 0 unspecified atom stereocenters. The van der Waals surface area contributed by atoms with Gasteiger partial charge in [-0.25, -0.2) is 0 Å². The van der Waals surface area contributed by atoms with Crippen molar-refractivity contribution in [2.75, 3.05) is 0 Å². The molecule has 0 saturated carbocycles. The van der Waals surface area contributed by atoms with E-state index in [1.807, 2.05) is 0 Å². The summed E-state index contributed by atoms with van der Waals surface area (Å²) in [6, 6.07) is 0. The summed E-state index contributed by atoms with van der Waals surface area (Å²) >= 11 is 0. The molecule has 0 aromatic rings. The Balaban J connectivity index is 0.000000360. The molecule has 0 N–H and O–H groups in total. The van der Waals surface area contributed by atoms with E-state index in [1.54, 1.807) is 12.2 Å². The van der Waals surface area contributed by atoms with Gasteiger partial charge in [0, 0.05) is 0 Å². The van der Waals surface area contributed by atoms with Gasteiger partial charge in [0.1, 0.15) is 0 Å². The number of hydrogen-bond donors (Lipinski definition) is 0. The smallest absolute Gasteiger partial charge is 0.178 e. The van der Waals surface area contributed by atoms with Crippen LogP contribution in [0.5, 0.6) is 0 Å². The SMILES string of the molecule is O=C1C=CC=C1.[SiH4]. The average Bonchev–Trinajstić information content (AvgIpc) is 1.86. The molecule has 1 nitrogen and oxygen atoms in total. The Bertz CT molecular complexity index is 110. The van der Waals surface area contributed by atoms with Crippen LogP contribution in [0.25, 0.3) is 0 Å². The minimum atomic E-state index is 0. The average molecular weight is 112 g/mol. The number of ketones is 1. The first-order valence-corrected chi connectivity index (χ1v) is 1.78. The second-order valence-corrected chi connectivity index (χ2v) is 1.12. The molecule has 0 heterocycles. The minimum absolute atomic E-state index is 0. The lowest BCUT2D eigenvalue weighted by molar-refractivity contribution is -0.110. The van der Waals surface area contributed by atoms with E-state index in [4.69, 9.17) is 0 Å². The van der Waals surface area contributed by atoms with Gasteiger partial charge >= 0.3 is 0 Å². The lowest BCUT2D eigenvalue weighted by atomic mass is 10.5. The first-order valence-electron chi connectivity index (χ1n) is 1.78. The standard InChI is InChI=1S/C5H4O.H4Si/c6-5-3-1-2-4-5;/h1-4H;1H4.